The van der Waals surface area contributed by atoms with Crippen molar-refractivity contribution in [2.45, 2.75) is 32.8 Å². The number of nitrogens with zero attached hydrogens (tertiary/aromatic N) is 2. The third kappa shape index (κ3) is 5.07. The summed E-state index contributed by atoms with van der Waals surface area (Å²) < 4.78 is 10.9. The van der Waals surface area contributed by atoms with Gasteiger partial charge in [0.2, 0.25) is 5.91 Å². The average Bonchev–Trinajstić information content (AvgIpc) is 3.30. The quantitative estimate of drug-likeness (QED) is 0.536. The van der Waals surface area contributed by atoms with Crippen LogP contribution >= 0.6 is 11.3 Å². The number of thiazole rings is 1. The second-order valence-electron chi connectivity index (χ2n) is 7.80. The summed E-state index contributed by atoms with van der Waals surface area (Å²) in [7, 11) is 1.67. The van der Waals surface area contributed by atoms with Crippen LogP contribution in [0.15, 0.2) is 47.8 Å². The molecular weight excluding hydrogens is 438 g/mol. The molecule has 0 saturated heterocycles. The van der Waals surface area contributed by atoms with E-state index in [0.29, 0.717) is 18.0 Å². The predicted molar refractivity (Wildman–Crippen MR) is 130 cm³/mol. The van der Waals surface area contributed by atoms with Crippen LogP contribution in [0.2, 0.25) is 0 Å². The Morgan fingerprint density at radius 3 is 2.88 bits per heavy atom. The maximum absolute atomic E-state index is 13.0. The van der Waals surface area contributed by atoms with Crippen molar-refractivity contribution < 1.29 is 19.1 Å². The van der Waals surface area contributed by atoms with E-state index in [1.54, 1.807) is 25.4 Å². The van der Waals surface area contributed by atoms with E-state index in [-0.39, 0.29) is 18.4 Å². The van der Waals surface area contributed by atoms with Crippen molar-refractivity contribution in [1.82, 2.24) is 4.98 Å². The first-order chi connectivity index (χ1) is 16.0. The molecule has 0 radical (unpaired) electrons. The van der Waals surface area contributed by atoms with E-state index in [1.807, 2.05) is 54.8 Å². The van der Waals surface area contributed by atoms with E-state index in [4.69, 9.17) is 9.47 Å². The number of methoxy groups -OCH3 is 1. The van der Waals surface area contributed by atoms with Crippen molar-refractivity contribution in [2.75, 3.05) is 30.5 Å². The molecule has 33 heavy (non-hydrogen) atoms. The second kappa shape index (κ2) is 10.1. The minimum absolute atomic E-state index is 0.100. The van der Waals surface area contributed by atoms with Crippen molar-refractivity contribution >= 4 is 34.5 Å². The molecule has 0 fully saturated rings. The van der Waals surface area contributed by atoms with Gasteiger partial charge in [0.25, 0.3) is 5.91 Å². The van der Waals surface area contributed by atoms with E-state index < -0.39 is 6.10 Å². The Kier molecular flexibility index (Phi) is 7.05. The first kappa shape index (κ1) is 22.9. The van der Waals surface area contributed by atoms with Crippen LogP contribution in [0.3, 0.4) is 0 Å². The molecule has 1 N–H and O–H groups in total. The minimum atomic E-state index is -0.668. The first-order valence-corrected chi connectivity index (χ1v) is 11.8. The van der Waals surface area contributed by atoms with E-state index in [2.05, 4.69) is 10.3 Å². The van der Waals surface area contributed by atoms with Gasteiger partial charge in [-0.05, 0) is 43.2 Å². The van der Waals surface area contributed by atoms with Crippen LogP contribution in [0, 0.1) is 0 Å². The highest BCUT2D eigenvalue weighted by molar-refractivity contribution is 7.09. The van der Waals surface area contributed by atoms with Crippen molar-refractivity contribution in [1.29, 1.82) is 0 Å². The molecule has 7 nitrogen and oxygen atoms in total. The largest absolute Gasteiger partial charge is 0.479 e. The highest BCUT2D eigenvalue weighted by Crippen LogP contribution is 2.37. The number of aryl methyl sites for hydroxylation is 1. The third-order valence-electron chi connectivity index (χ3n) is 5.51. The molecule has 3 aromatic rings. The number of carbonyl (C=O) groups excluding carboxylic acids is 2. The van der Waals surface area contributed by atoms with E-state index in [9.17, 15) is 9.59 Å². The molecule has 4 rings (SSSR count). The Bertz CT molecular complexity index is 1160. The SMILES string of the molecule is CCc1ccccc1NC(=O)CN1C(=O)C(C)Oc2ccc(-c3csc(CCOC)n3)cc21. The molecule has 0 spiro atoms. The van der Waals surface area contributed by atoms with Crippen molar-refractivity contribution in [3.8, 4) is 17.0 Å². The summed E-state index contributed by atoms with van der Waals surface area (Å²) in [5.74, 6) is 0.0605. The normalized spacial score (nSPS) is 15.2. The monoisotopic (exact) mass is 465 g/mol. The van der Waals surface area contributed by atoms with Gasteiger partial charge >= 0.3 is 0 Å². The van der Waals surface area contributed by atoms with Gasteiger partial charge in [-0.1, -0.05) is 25.1 Å². The van der Waals surface area contributed by atoms with Gasteiger partial charge in [-0.15, -0.1) is 11.3 Å². The van der Waals surface area contributed by atoms with Gasteiger partial charge in [0.1, 0.15) is 12.3 Å². The molecule has 172 valence electrons. The van der Waals surface area contributed by atoms with Crippen molar-refractivity contribution in [2.24, 2.45) is 0 Å². The number of aromatic nitrogens is 1. The maximum Gasteiger partial charge on any atom is 0.268 e. The highest BCUT2D eigenvalue weighted by atomic mass is 32.1. The van der Waals surface area contributed by atoms with Crippen molar-refractivity contribution in [3.63, 3.8) is 0 Å². The Labute approximate surface area is 197 Å². The summed E-state index contributed by atoms with van der Waals surface area (Å²) in [5.41, 5.74) is 4.06. The van der Waals surface area contributed by atoms with Crippen LogP contribution in [-0.2, 0) is 27.2 Å². The molecule has 8 heteroatoms. The third-order valence-corrected chi connectivity index (χ3v) is 6.42. The lowest BCUT2D eigenvalue weighted by molar-refractivity contribution is -0.127. The number of hydrogen-bond donors (Lipinski definition) is 1. The molecule has 1 unspecified atom stereocenters. The summed E-state index contributed by atoms with van der Waals surface area (Å²) in [4.78, 5) is 32.0. The molecule has 0 aliphatic carbocycles. The lowest BCUT2D eigenvalue weighted by Crippen LogP contribution is -2.47. The fraction of sp³-hybridized carbons (Fsp3) is 0.320. The molecule has 2 amide bonds. The Morgan fingerprint density at radius 1 is 1.27 bits per heavy atom. The molecule has 2 aromatic carbocycles. The Morgan fingerprint density at radius 2 is 2.09 bits per heavy atom. The van der Waals surface area contributed by atoms with E-state index >= 15 is 0 Å². The number of para-hydroxylation sites is 1. The number of ether oxygens (including phenoxy) is 2. The van der Waals surface area contributed by atoms with Gasteiger partial charge in [0, 0.05) is 30.2 Å². The standard InChI is InChI=1S/C25H27N3O4S/c1-4-17-7-5-6-8-19(17)26-23(29)14-28-21-13-18(9-10-22(21)32-16(2)25(28)30)20-15-33-24(27-20)11-12-31-3/h5-10,13,15-16H,4,11-12,14H2,1-3H3,(H,26,29). The summed E-state index contributed by atoms with van der Waals surface area (Å²) in [6, 6.07) is 13.3. The molecule has 1 aliphatic rings. The number of hydrogen-bond acceptors (Lipinski definition) is 6. The fourth-order valence-electron chi connectivity index (χ4n) is 3.76. The number of nitrogens with one attached hydrogen (secondary N) is 1. The summed E-state index contributed by atoms with van der Waals surface area (Å²) in [5, 5.41) is 5.92. The van der Waals surface area contributed by atoms with Crippen LogP contribution in [0.4, 0.5) is 11.4 Å². The number of anilines is 2. The van der Waals surface area contributed by atoms with Gasteiger partial charge < -0.3 is 14.8 Å². The van der Waals surface area contributed by atoms with E-state index in [1.165, 1.54) is 4.90 Å². The topological polar surface area (TPSA) is 80.8 Å². The summed E-state index contributed by atoms with van der Waals surface area (Å²) >= 11 is 1.57. The van der Waals surface area contributed by atoms with Crippen LogP contribution in [0.25, 0.3) is 11.3 Å². The summed E-state index contributed by atoms with van der Waals surface area (Å²) in [6.07, 6.45) is 0.881. The summed E-state index contributed by atoms with van der Waals surface area (Å²) in [6.45, 7) is 4.24. The highest BCUT2D eigenvalue weighted by Gasteiger charge is 2.33. The molecule has 0 bridgehead atoms. The molecule has 1 aromatic heterocycles. The zero-order valence-electron chi connectivity index (χ0n) is 19.0. The molecule has 1 atom stereocenters. The zero-order chi connectivity index (χ0) is 23.4. The number of rotatable bonds is 8. The molecule has 1 aliphatic heterocycles. The number of fused-ring (bicyclic) bond motifs is 1. The van der Waals surface area contributed by atoms with Crippen molar-refractivity contribution in [3.05, 3.63) is 58.4 Å². The second-order valence-corrected chi connectivity index (χ2v) is 8.74. The van der Waals surface area contributed by atoms with Gasteiger partial charge in [-0.3, -0.25) is 14.5 Å². The molecule has 2 heterocycles. The molecular formula is C25H27N3O4S. The zero-order valence-corrected chi connectivity index (χ0v) is 19.8. The smallest absolute Gasteiger partial charge is 0.268 e. The minimum Gasteiger partial charge on any atom is -0.479 e. The lowest BCUT2D eigenvalue weighted by atomic mass is 10.1. The Balaban J connectivity index is 1.59. The number of amides is 2. The van der Waals surface area contributed by atoms with Crippen LogP contribution in [0.5, 0.6) is 5.75 Å². The number of carbonyl (C=O) groups is 2. The van der Waals surface area contributed by atoms with Crippen LogP contribution < -0.4 is 15.0 Å². The van der Waals surface area contributed by atoms with Gasteiger partial charge in [0.15, 0.2) is 6.10 Å². The van der Waals surface area contributed by atoms with Crippen LogP contribution in [-0.4, -0.2) is 43.2 Å². The Hall–Kier alpha value is -3.23. The maximum atomic E-state index is 13.0. The lowest BCUT2D eigenvalue weighted by Gasteiger charge is -2.33. The van der Waals surface area contributed by atoms with Gasteiger partial charge in [0.05, 0.1) is 23.0 Å². The van der Waals surface area contributed by atoms with Gasteiger partial charge in [-0.25, -0.2) is 4.98 Å². The fourth-order valence-corrected chi connectivity index (χ4v) is 4.55. The number of benzene rings is 2. The van der Waals surface area contributed by atoms with Gasteiger partial charge in [-0.2, -0.15) is 0 Å². The first-order valence-electron chi connectivity index (χ1n) is 10.9. The van der Waals surface area contributed by atoms with Crippen LogP contribution in [0.1, 0.15) is 24.4 Å². The molecule has 0 saturated carbocycles. The van der Waals surface area contributed by atoms with E-state index in [0.717, 1.165) is 40.4 Å². The average molecular weight is 466 g/mol. The predicted octanol–water partition coefficient (Wildman–Crippen LogP) is 4.31.